The molecule has 0 fully saturated rings. The van der Waals surface area contributed by atoms with Gasteiger partial charge in [0.2, 0.25) is 0 Å². The SMILES string of the molecule is CC(C)c1ccc(C(CC(F)(F)F)(c2ccc(-n3c(=O)c4cc5c(=O)n(C(C)C)c(=O)c5cc4c3=O)cc2)C(F)(F)F)cc1.CCC. The summed E-state index contributed by atoms with van der Waals surface area (Å²) in [5, 5.41) is -0.495. The lowest BCUT2D eigenvalue weighted by molar-refractivity contribution is -0.222. The average molecular weight is 661 g/mol. The first-order valence-electron chi connectivity index (χ1n) is 15.1. The minimum Gasteiger partial charge on any atom is -0.272 e. The minimum absolute atomic E-state index is 0.0635. The first kappa shape index (κ1) is 35.4. The molecule has 0 amide bonds. The summed E-state index contributed by atoms with van der Waals surface area (Å²) < 4.78 is 87.5. The summed E-state index contributed by atoms with van der Waals surface area (Å²) in [6.45, 7) is 11.1. The number of fused-ring (bicyclic) bond motifs is 2. The highest BCUT2D eigenvalue weighted by molar-refractivity contribution is 5.98. The smallest absolute Gasteiger partial charge is 0.272 e. The van der Waals surface area contributed by atoms with Crippen LogP contribution in [0.2, 0.25) is 0 Å². The number of halogens is 6. The van der Waals surface area contributed by atoms with Gasteiger partial charge in [0, 0.05) is 6.04 Å². The summed E-state index contributed by atoms with van der Waals surface area (Å²) in [6, 6.07) is 10.2. The topological polar surface area (TPSA) is 78.1 Å². The van der Waals surface area contributed by atoms with Crippen LogP contribution < -0.4 is 22.2 Å². The molecule has 0 saturated heterocycles. The van der Waals surface area contributed by atoms with Crippen LogP contribution in [0.1, 0.15) is 83.0 Å². The monoisotopic (exact) mass is 660 g/mol. The fourth-order valence-electron chi connectivity index (χ4n) is 5.84. The maximum absolute atomic E-state index is 14.8. The van der Waals surface area contributed by atoms with E-state index in [2.05, 4.69) is 13.8 Å². The second kappa shape index (κ2) is 12.6. The molecule has 5 rings (SSSR count). The predicted molar refractivity (Wildman–Crippen MR) is 171 cm³/mol. The van der Waals surface area contributed by atoms with Gasteiger partial charge in [0.15, 0.2) is 0 Å². The molecule has 0 aliphatic heterocycles. The molecule has 2 aromatic heterocycles. The van der Waals surface area contributed by atoms with Gasteiger partial charge in [0.05, 0.1) is 33.7 Å². The lowest BCUT2D eigenvalue weighted by Gasteiger charge is -2.37. The van der Waals surface area contributed by atoms with E-state index >= 15 is 0 Å². The van der Waals surface area contributed by atoms with E-state index in [9.17, 15) is 45.5 Å². The van der Waals surface area contributed by atoms with Crippen LogP contribution >= 0.6 is 0 Å². The van der Waals surface area contributed by atoms with Crippen LogP contribution in [0.15, 0.2) is 79.8 Å². The third-order valence-corrected chi connectivity index (χ3v) is 8.08. The Morgan fingerprint density at radius 1 is 0.617 bits per heavy atom. The maximum atomic E-state index is 14.8. The third kappa shape index (κ3) is 6.17. The van der Waals surface area contributed by atoms with E-state index in [1.54, 1.807) is 27.7 Å². The number of benzene rings is 3. The number of alkyl halides is 6. The van der Waals surface area contributed by atoms with Gasteiger partial charge in [0.25, 0.3) is 22.2 Å². The van der Waals surface area contributed by atoms with Gasteiger partial charge < -0.3 is 0 Å². The van der Waals surface area contributed by atoms with Crippen molar-refractivity contribution >= 4 is 21.5 Å². The zero-order chi connectivity index (χ0) is 35.2. The summed E-state index contributed by atoms with van der Waals surface area (Å²) in [6.07, 6.45) is -11.6. The van der Waals surface area contributed by atoms with Crippen molar-refractivity contribution in [2.75, 3.05) is 0 Å². The largest absolute Gasteiger partial charge is 0.402 e. The van der Waals surface area contributed by atoms with E-state index in [0.717, 1.165) is 53.1 Å². The molecule has 0 spiro atoms. The standard InChI is InChI=1S/C32H26F6N2O4.C3H8/c1-16(2)18-5-7-19(8-6-18)30(32(36,37)38,15-31(33,34)35)20-9-11-21(12-10-20)40-28(43)24-13-22-23(14-25(24)29(40)44)27(42)39(17(3)4)26(22)41;1-3-2/h5-14,16-17H,15H2,1-4H3;3H2,1-2H3. The Bertz CT molecular complexity index is 2030. The number of hydrogen-bond donors (Lipinski definition) is 0. The van der Waals surface area contributed by atoms with E-state index < -0.39 is 63.6 Å². The third-order valence-electron chi connectivity index (χ3n) is 8.08. The van der Waals surface area contributed by atoms with Gasteiger partial charge in [0.1, 0.15) is 5.41 Å². The molecular weight excluding hydrogens is 626 g/mol. The molecule has 250 valence electrons. The molecule has 0 radical (unpaired) electrons. The zero-order valence-electron chi connectivity index (χ0n) is 26.6. The number of nitrogens with zero attached hydrogens (tertiary/aromatic N) is 2. The molecule has 0 aliphatic rings. The first-order chi connectivity index (χ1) is 21.8. The van der Waals surface area contributed by atoms with Crippen LogP contribution in [-0.2, 0) is 5.41 Å². The Morgan fingerprint density at radius 3 is 1.34 bits per heavy atom. The lowest BCUT2D eigenvalue weighted by atomic mass is 9.70. The van der Waals surface area contributed by atoms with Crippen molar-refractivity contribution in [2.24, 2.45) is 0 Å². The summed E-state index contributed by atoms with van der Waals surface area (Å²) in [4.78, 5) is 52.2. The molecule has 1 atom stereocenters. The van der Waals surface area contributed by atoms with Gasteiger partial charge in [-0.15, -0.1) is 0 Å². The Hall–Kier alpha value is -4.48. The predicted octanol–water partition coefficient (Wildman–Crippen LogP) is 7.82. The van der Waals surface area contributed by atoms with Crippen molar-refractivity contribution in [2.45, 2.75) is 84.1 Å². The summed E-state index contributed by atoms with van der Waals surface area (Å²) in [5.41, 5.74) is -7.45. The summed E-state index contributed by atoms with van der Waals surface area (Å²) in [5.74, 6) is -0.0718. The highest BCUT2D eigenvalue weighted by Gasteiger charge is 2.61. The van der Waals surface area contributed by atoms with E-state index in [4.69, 9.17) is 0 Å². The molecule has 2 heterocycles. The highest BCUT2D eigenvalue weighted by atomic mass is 19.4. The lowest BCUT2D eigenvalue weighted by Crippen LogP contribution is -2.46. The van der Waals surface area contributed by atoms with Gasteiger partial charge >= 0.3 is 12.4 Å². The van der Waals surface area contributed by atoms with Crippen molar-refractivity contribution in [3.05, 3.63) is 119 Å². The van der Waals surface area contributed by atoms with Crippen molar-refractivity contribution < 1.29 is 26.3 Å². The van der Waals surface area contributed by atoms with E-state index in [1.165, 1.54) is 18.6 Å². The quantitative estimate of drug-likeness (QED) is 0.174. The van der Waals surface area contributed by atoms with Crippen molar-refractivity contribution in [3.8, 4) is 5.69 Å². The Morgan fingerprint density at radius 2 is 1.00 bits per heavy atom. The first-order valence-corrected chi connectivity index (χ1v) is 15.1. The Kier molecular flexibility index (Phi) is 9.49. The van der Waals surface area contributed by atoms with Crippen LogP contribution in [0.3, 0.4) is 0 Å². The molecule has 6 nitrogen and oxygen atoms in total. The van der Waals surface area contributed by atoms with Crippen LogP contribution in [0.5, 0.6) is 0 Å². The van der Waals surface area contributed by atoms with Crippen molar-refractivity contribution in [1.82, 2.24) is 9.13 Å². The van der Waals surface area contributed by atoms with Crippen LogP contribution in [0.25, 0.3) is 27.2 Å². The minimum atomic E-state index is -5.39. The molecule has 0 aliphatic carbocycles. The number of aromatic nitrogens is 2. The normalized spacial score (nSPS) is 13.7. The van der Waals surface area contributed by atoms with Gasteiger partial charge in [-0.05, 0) is 60.7 Å². The van der Waals surface area contributed by atoms with E-state index in [1.807, 2.05) is 0 Å². The van der Waals surface area contributed by atoms with E-state index in [-0.39, 0.29) is 33.2 Å². The fraction of sp³-hybridized carbons (Fsp3) is 0.371. The number of rotatable bonds is 6. The molecule has 47 heavy (non-hydrogen) atoms. The van der Waals surface area contributed by atoms with Gasteiger partial charge in [-0.2, -0.15) is 26.3 Å². The average Bonchev–Trinajstić information content (AvgIpc) is 3.38. The zero-order valence-corrected chi connectivity index (χ0v) is 26.6. The van der Waals surface area contributed by atoms with Crippen molar-refractivity contribution in [1.29, 1.82) is 0 Å². The van der Waals surface area contributed by atoms with Gasteiger partial charge in [-0.1, -0.05) is 70.5 Å². The summed E-state index contributed by atoms with van der Waals surface area (Å²) in [7, 11) is 0. The number of hydrogen-bond acceptors (Lipinski definition) is 4. The van der Waals surface area contributed by atoms with E-state index in [0.29, 0.717) is 10.1 Å². The van der Waals surface area contributed by atoms with Crippen LogP contribution in [-0.4, -0.2) is 21.5 Å². The molecule has 12 heteroatoms. The molecule has 3 aromatic carbocycles. The Balaban J connectivity index is 0.00000160. The fourth-order valence-corrected chi connectivity index (χ4v) is 5.84. The molecule has 5 aromatic rings. The van der Waals surface area contributed by atoms with Gasteiger partial charge in [-0.3, -0.25) is 23.7 Å². The van der Waals surface area contributed by atoms with Crippen LogP contribution in [0.4, 0.5) is 26.3 Å². The second-order valence-electron chi connectivity index (χ2n) is 12.2. The Labute approximate surface area is 265 Å². The highest BCUT2D eigenvalue weighted by Crippen LogP contribution is 2.52. The molecule has 1 unspecified atom stereocenters. The van der Waals surface area contributed by atoms with Crippen LogP contribution in [0, 0.1) is 0 Å². The summed E-state index contributed by atoms with van der Waals surface area (Å²) >= 11 is 0. The molecule has 0 bridgehead atoms. The van der Waals surface area contributed by atoms with Crippen molar-refractivity contribution in [3.63, 3.8) is 0 Å². The molecule has 0 N–H and O–H groups in total. The molecular formula is C35H34F6N2O4. The molecule has 0 saturated carbocycles. The second-order valence-corrected chi connectivity index (χ2v) is 12.2. The maximum Gasteiger partial charge on any atom is 0.402 e. The van der Waals surface area contributed by atoms with Gasteiger partial charge in [-0.25, -0.2) is 4.57 Å².